The minimum atomic E-state index is 0.156. The summed E-state index contributed by atoms with van der Waals surface area (Å²) in [6, 6.07) is 5.32. The average molecular weight is 290 g/mol. The molecule has 1 heterocycles. The Hall–Kier alpha value is -1.55. The van der Waals surface area contributed by atoms with Crippen molar-refractivity contribution < 1.29 is 9.53 Å². The quantitative estimate of drug-likeness (QED) is 0.646. The second-order valence-electron chi connectivity index (χ2n) is 5.91. The maximum absolute atomic E-state index is 12.3. The van der Waals surface area contributed by atoms with Gasteiger partial charge in [-0.15, -0.1) is 0 Å². The molecule has 0 aromatic heterocycles. The van der Waals surface area contributed by atoms with Crippen molar-refractivity contribution in [2.24, 2.45) is 5.92 Å². The van der Waals surface area contributed by atoms with Crippen LogP contribution in [0.3, 0.4) is 0 Å². The lowest BCUT2D eigenvalue weighted by molar-refractivity contribution is 0.0949. The first-order valence-corrected chi connectivity index (χ1v) is 7.88. The van der Waals surface area contributed by atoms with Crippen molar-refractivity contribution in [2.45, 2.75) is 33.1 Å². The van der Waals surface area contributed by atoms with E-state index in [9.17, 15) is 4.79 Å². The number of nitrogens with two attached hydrogens (primary N) is 1. The lowest BCUT2D eigenvalue weighted by Gasteiger charge is -2.30. The van der Waals surface area contributed by atoms with Crippen LogP contribution in [0.1, 0.15) is 43.5 Å². The average Bonchev–Trinajstić information content (AvgIpc) is 2.47. The largest absolute Gasteiger partial charge is 0.492 e. The van der Waals surface area contributed by atoms with E-state index in [0.717, 1.165) is 25.6 Å². The fourth-order valence-corrected chi connectivity index (χ4v) is 2.90. The molecule has 21 heavy (non-hydrogen) atoms. The van der Waals surface area contributed by atoms with Crippen molar-refractivity contribution in [3.8, 4) is 5.75 Å². The molecule has 0 aliphatic carbocycles. The highest BCUT2D eigenvalue weighted by molar-refractivity contribution is 5.97. The second kappa shape index (κ2) is 7.46. The topological polar surface area (TPSA) is 55.6 Å². The highest BCUT2D eigenvalue weighted by Gasteiger charge is 2.17. The molecule has 0 spiro atoms. The Morgan fingerprint density at radius 3 is 2.95 bits per heavy atom. The molecule has 0 saturated carbocycles. The van der Waals surface area contributed by atoms with E-state index in [-0.39, 0.29) is 5.78 Å². The molecular weight excluding hydrogens is 264 g/mol. The standard InChI is InChI=1S/C17H26N2O2/c1-3-21-17-7-6-14(11-15(17)18)16(20)8-10-19-9-4-5-13(2)12-19/h6-7,11,13H,3-5,8-10,12,18H2,1-2H3. The van der Waals surface area contributed by atoms with Gasteiger partial charge in [0.05, 0.1) is 12.3 Å². The molecule has 4 nitrogen and oxygen atoms in total. The molecule has 0 bridgehead atoms. The number of nitrogen functional groups attached to an aromatic ring is 1. The molecule has 1 fully saturated rings. The molecule has 1 aliphatic rings. The number of Topliss-reactive ketones (excluding diaryl/α,β-unsaturated/α-hetero) is 1. The maximum Gasteiger partial charge on any atom is 0.164 e. The zero-order valence-electron chi connectivity index (χ0n) is 13.1. The summed E-state index contributed by atoms with van der Waals surface area (Å²) in [4.78, 5) is 14.7. The van der Waals surface area contributed by atoms with Gasteiger partial charge in [-0.05, 0) is 50.4 Å². The fraction of sp³-hybridized carbons (Fsp3) is 0.588. The zero-order valence-corrected chi connectivity index (χ0v) is 13.1. The molecule has 1 atom stereocenters. The molecule has 1 aliphatic heterocycles. The van der Waals surface area contributed by atoms with Gasteiger partial charge in [-0.2, -0.15) is 0 Å². The van der Waals surface area contributed by atoms with E-state index in [0.29, 0.717) is 30.0 Å². The minimum Gasteiger partial charge on any atom is -0.492 e. The number of likely N-dealkylation sites (tertiary alicyclic amines) is 1. The highest BCUT2D eigenvalue weighted by Crippen LogP contribution is 2.23. The Morgan fingerprint density at radius 1 is 1.48 bits per heavy atom. The van der Waals surface area contributed by atoms with E-state index in [1.54, 1.807) is 12.1 Å². The van der Waals surface area contributed by atoms with Crippen LogP contribution in [0.2, 0.25) is 0 Å². The summed E-state index contributed by atoms with van der Waals surface area (Å²) in [5, 5.41) is 0. The number of benzene rings is 1. The van der Waals surface area contributed by atoms with Crippen LogP contribution < -0.4 is 10.5 Å². The number of piperidine rings is 1. The van der Waals surface area contributed by atoms with Crippen LogP contribution in [0, 0.1) is 5.92 Å². The van der Waals surface area contributed by atoms with E-state index in [1.165, 1.54) is 12.8 Å². The molecule has 1 aromatic rings. The van der Waals surface area contributed by atoms with Crippen LogP contribution in [-0.2, 0) is 0 Å². The van der Waals surface area contributed by atoms with Gasteiger partial charge in [0.25, 0.3) is 0 Å². The van der Waals surface area contributed by atoms with E-state index in [1.807, 2.05) is 13.0 Å². The van der Waals surface area contributed by atoms with E-state index >= 15 is 0 Å². The minimum absolute atomic E-state index is 0.156. The van der Waals surface area contributed by atoms with Gasteiger partial charge in [0, 0.05) is 25.1 Å². The summed E-state index contributed by atoms with van der Waals surface area (Å²) >= 11 is 0. The summed E-state index contributed by atoms with van der Waals surface area (Å²) in [5.41, 5.74) is 7.13. The lowest BCUT2D eigenvalue weighted by Crippen LogP contribution is -2.35. The normalized spacial score (nSPS) is 19.4. The smallest absolute Gasteiger partial charge is 0.164 e. The number of anilines is 1. The van der Waals surface area contributed by atoms with Crippen LogP contribution in [0.25, 0.3) is 0 Å². The third kappa shape index (κ3) is 4.46. The molecule has 4 heteroatoms. The number of hydrogen-bond acceptors (Lipinski definition) is 4. The van der Waals surface area contributed by atoms with E-state index in [4.69, 9.17) is 10.5 Å². The third-order valence-electron chi connectivity index (χ3n) is 4.03. The molecule has 2 rings (SSSR count). The van der Waals surface area contributed by atoms with Gasteiger partial charge in [0.2, 0.25) is 0 Å². The van der Waals surface area contributed by atoms with Crippen molar-refractivity contribution in [2.75, 3.05) is 32.0 Å². The molecule has 0 radical (unpaired) electrons. The van der Waals surface area contributed by atoms with Crippen LogP contribution in [0.4, 0.5) is 5.69 Å². The second-order valence-corrected chi connectivity index (χ2v) is 5.91. The monoisotopic (exact) mass is 290 g/mol. The van der Waals surface area contributed by atoms with Crippen molar-refractivity contribution >= 4 is 11.5 Å². The number of carbonyl (C=O) groups excluding carboxylic acids is 1. The predicted octanol–water partition coefficient (Wildman–Crippen LogP) is 2.97. The first-order valence-electron chi connectivity index (χ1n) is 7.88. The van der Waals surface area contributed by atoms with Gasteiger partial charge in [0.1, 0.15) is 5.75 Å². The Balaban J connectivity index is 1.89. The zero-order chi connectivity index (χ0) is 15.2. The Morgan fingerprint density at radius 2 is 2.29 bits per heavy atom. The predicted molar refractivity (Wildman–Crippen MR) is 85.8 cm³/mol. The van der Waals surface area contributed by atoms with E-state index < -0.39 is 0 Å². The number of ketones is 1. The third-order valence-corrected chi connectivity index (χ3v) is 4.03. The van der Waals surface area contributed by atoms with Gasteiger partial charge in [0.15, 0.2) is 5.78 Å². The summed E-state index contributed by atoms with van der Waals surface area (Å²) < 4.78 is 5.39. The summed E-state index contributed by atoms with van der Waals surface area (Å²) in [6.07, 6.45) is 3.10. The van der Waals surface area contributed by atoms with Gasteiger partial charge in [-0.25, -0.2) is 0 Å². The molecule has 116 valence electrons. The van der Waals surface area contributed by atoms with Crippen LogP contribution in [0.5, 0.6) is 5.75 Å². The van der Waals surface area contributed by atoms with Crippen LogP contribution in [0.15, 0.2) is 18.2 Å². The van der Waals surface area contributed by atoms with Gasteiger partial charge in [-0.3, -0.25) is 4.79 Å². The molecule has 0 amide bonds. The number of carbonyl (C=O) groups is 1. The first kappa shape index (κ1) is 15.8. The maximum atomic E-state index is 12.3. The fourth-order valence-electron chi connectivity index (χ4n) is 2.90. The van der Waals surface area contributed by atoms with Gasteiger partial charge < -0.3 is 15.4 Å². The Bertz CT molecular complexity index is 488. The molecule has 1 saturated heterocycles. The van der Waals surface area contributed by atoms with Crippen molar-refractivity contribution in [1.82, 2.24) is 4.90 Å². The molecule has 1 aromatic carbocycles. The van der Waals surface area contributed by atoms with Gasteiger partial charge >= 0.3 is 0 Å². The summed E-state index contributed by atoms with van der Waals surface area (Å²) in [5.74, 6) is 1.55. The first-order chi connectivity index (χ1) is 10.1. The number of ether oxygens (including phenoxy) is 1. The van der Waals surface area contributed by atoms with Crippen LogP contribution in [-0.4, -0.2) is 36.9 Å². The highest BCUT2D eigenvalue weighted by atomic mass is 16.5. The van der Waals surface area contributed by atoms with Crippen molar-refractivity contribution in [1.29, 1.82) is 0 Å². The van der Waals surface area contributed by atoms with Gasteiger partial charge in [-0.1, -0.05) is 6.92 Å². The SMILES string of the molecule is CCOc1ccc(C(=O)CCN2CCCC(C)C2)cc1N. The summed E-state index contributed by atoms with van der Waals surface area (Å²) in [6.45, 7) is 7.84. The molecule has 2 N–H and O–H groups in total. The van der Waals surface area contributed by atoms with Crippen molar-refractivity contribution in [3.63, 3.8) is 0 Å². The van der Waals surface area contributed by atoms with E-state index in [2.05, 4.69) is 11.8 Å². The van der Waals surface area contributed by atoms with Crippen LogP contribution >= 0.6 is 0 Å². The number of hydrogen-bond donors (Lipinski definition) is 1. The lowest BCUT2D eigenvalue weighted by atomic mass is 9.99. The Labute approximate surface area is 127 Å². The number of rotatable bonds is 6. The summed E-state index contributed by atoms with van der Waals surface area (Å²) in [7, 11) is 0. The Kier molecular flexibility index (Phi) is 5.62. The molecular formula is C17H26N2O2. The number of nitrogens with zero attached hydrogens (tertiary/aromatic N) is 1. The van der Waals surface area contributed by atoms with Crippen molar-refractivity contribution in [3.05, 3.63) is 23.8 Å². The molecule has 1 unspecified atom stereocenters.